The summed E-state index contributed by atoms with van der Waals surface area (Å²) in [6, 6.07) is 2.32. The standard InChI is InChI=1S/C13H12F4N2OS/c1-20-6-10-11(5-18)21-12(19-10)8-4-7(14)2-3-9(8)13(15,16)17/h2-4H,5-6,18H2,1H3. The largest absolute Gasteiger partial charge is 0.417 e. The summed E-state index contributed by atoms with van der Waals surface area (Å²) in [5.41, 5.74) is 4.80. The van der Waals surface area contributed by atoms with Gasteiger partial charge in [0.2, 0.25) is 0 Å². The summed E-state index contributed by atoms with van der Waals surface area (Å²) in [7, 11) is 1.45. The molecule has 2 N–H and O–H groups in total. The zero-order valence-corrected chi connectivity index (χ0v) is 11.8. The van der Waals surface area contributed by atoms with Crippen molar-refractivity contribution in [3.8, 4) is 10.6 Å². The highest BCUT2D eigenvalue weighted by Crippen LogP contribution is 2.39. The lowest BCUT2D eigenvalue weighted by Crippen LogP contribution is -2.07. The maximum Gasteiger partial charge on any atom is 0.417 e. The molecule has 0 unspecified atom stereocenters. The minimum Gasteiger partial charge on any atom is -0.378 e. The Bertz CT molecular complexity index is 640. The van der Waals surface area contributed by atoms with Gasteiger partial charge in [-0.2, -0.15) is 13.2 Å². The highest BCUT2D eigenvalue weighted by molar-refractivity contribution is 7.15. The van der Waals surface area contributed by atoms with Gasteiger partial charge in [-0.3, -0.25) is 0 Å². The van der Waals surface area contributed by atoms with E-state index in [-0.39, 0.29) is 23.7 Å². The summed E-state index contributed by atoms with van der Waals surface area (Å²) in [5, 5.41) is 0.0781. The second-order valence-electron chi connectivity index (χ2n) is 4.21. The molecule has 0 atom stereocenters. The fourth-order valence-corrected chi connectivity index (χ4v) is 2.82. The van der Waals surface area contributed by atoms with Gasteiger partial charge in [0.15, 0.2) is 0 Å². The van der Waals surface area contributed by atoms with E-state index in [0.717, 1.165) is 23.5 Å². The normalized spacial score (nSPS) is 11.9. The van der Waals surface area contributed by atoms with Gasteiger partial charge in [-0.1, -0.05) is 0 Å². The molecule has 0 aliphatic carbocycles. The molecule has 0 saturated carbocycles. The maximum absolute atomic E-state index is 13.3. The van der Waals surface area contributed by atoms with E-state index < -0.39 is 17.6 Å². The maximum atomic E-state index is 13.3. The number of nitrogens with two attached hydrogens (primary N) is 1. The predicted octanol–water partition coefficient (Wildman–Crippen LogP) is 3.57. The average Bonchev–Trinajstić information content (AvgIpc) is 2.81. The molecule has 114 valence electrons. The van der Waals surface area contributed by atoms with Crippen LogP contribution in [-0.2, 0) is 24.1 Å². The fraction of sp³-hybridized carbons (Fsp3) is 0.308. The number of benzene rings is 1. The lowest BCUT2D eigenvalue weighted by Gasteiger charge is -2.10. The summed E-state index contributed by atoms with van der Waals surface area (Å²) in [5.74, 6) is -0.754. The number of alkyl halides is 3. The third-order valence-corrected chi connectivity index (χ3v) is 3.92. The first-order chi connectivity index (χ1) is 9.86. The van der Waals surface area contributed by atoms with Crippen LogP contribution in [0.1, 0.15) is 16.1 Å². The highest BCUT2D eigenvalue weighted by Gasteiger charge is 2.34. The molecule has 21 heavy (non-hydrogen) atoms. The van der Waals surface area contributed by atoms with Gasteiger partial charge in [-0.05, 0) is 18.2 Å². The number of halogens is 4. The van der Waals surface area contributed by atoms with Gasteiger partial charge in [0.1, 0.15) is 10.8 Å². The van der Waals surface area contributed by atoms with Crippen LogP contribution in [-0.4, -0.2) is 12.1 Å². The zero-order valence-electron chi connectivity index (χ0n) is 11.0. The van der Waals surface area contributed by atoms with Crippen molar-refractivity contribution in [2.45, 2.75) is 19.3 Å². The molecular weight excluding hydrogens is 308 g/mol. The Morgan fingerprint density at radius 3 is 2.62 bits per heavy atom. The molecule has 0 amide bonds. The van der Waals surface area contributed by atoms with Gasteiger partial charge in [0.25, 0.3) is 0 Å². The molecule has 3 nitrogen and oxygen atoms in total. The van der Waals surface area contributed by atoms with Crippen LogP contribution in [0.5, 0.6) is 0 Å². The molecule has 1 aromatic heterocycles. The van der Waals surface area contributed by atoms with Crippen LogP contribution < -0.4 is 5.73 Å². The third kappa shape index (κ3) is 3.39. The zero-order chi connectivity index (χ0) is 15.6. The molecule has 1 heterocycles. The van der Waals surface area contributed by atoms with Gasteiger partial charge in [-0.25, -0.2) is 9.37 Å². The van der Waals surface area contributed by atoms with Crippen LogP contribution in [0.4, 0.5) is 17.6 Å². The summed E-state index contributed by atoms with van der Waals surface area (Å²) in [6.07, 6.45) is -4.58. The van der Waals surface area contributed by atoms with E-state index >= 15 is 0 Å². The monoisotopic (exact) mass is 320 g/mol. The highest BCUT2D eigenvalue weighted by atomic mass is 32.1. The third-order valence-electron chi connectivity index (χ3n) is 2.76. The van der Waals surface area contributed by atoms with E-state index in [4.69, 9.17) is 10.5 Å². The Kier molecular flexibility index (Phi) is 4.60. The van der Waals surface area contributed by atoms with Crippen LogP contribution >= 0.6 is 11.3 Å². The minimum absolute atomic E-state index is 0.0781. The number of thiazole rings is 1. The van der Waals surface area contributed by atoms with E-state index in [9.17, 15) is 17.6 Å². The van der Waals surface area contributed by atoms with Crippen molar-refractivity contribution in [1.29, 1.82) is 0 Å². The fourth-order valence-electron chi connectivity index (χ4n) is 1.85. The lowest BCUT2D eigenvalue weighted by molar-refractivity contribution is -0.137. The first-order valence-corrected chi connectivity index (χ1v) is 6.73. The van der Waals surface area contributed by atoms with Crippen molar-refractivity contribution in [2.75, 3.05) is 7.11 Å². The van der Waals surface area contributed by atoms with Crippen molar-refractivity contribution >= 4 is 11.3 Å². The number of methoxy groups -OCH3 is 1. The molecule has 0 spiro atoms. The molecule has 0 saturated heterocycles. The number of nitrogens with zero attached hydrogens (tertiary/aromatic N) is 1. The Labute approximate surface area is 122 Å². The Balaban J connectivity index is 2.58. The van der Waals surface area contributed by atoms with Crippen molar-refractivity contribution in [2.24, 2.45) is 5.73 Å². The van der Waals surface area contributed by atoms with Crippen LogP contribution in [0.25, 0.3) is 10.6 Å². The molecule has 2 aromatic rings. The molecule has 8 heteroatoms. The molecule has 0 aliphatic rings. The first kappa shape index (κ1) is 15.9. The second kappa shape index (κ2) is 6.08. The van der Waals surface area contributed by atoms with Crippen LogP contribution in [0.15, 0.2) is 18.2 Å². The topological polar surface area (TPSA) is 48.1 Å². The number of hydrogen-bond donors (Lipinski definition) is 1. The van der Waals surface area contributed by atoms with E-state index in [0.29, 0.717) is 16.6 Å². The van der Waals surface area contributed by atoms with Crippen molar-refractivity contribution in [3.63, 3.8) is 0 Å². The number of aromatic nitrogens is 1. The summed E-state index contributed by atoms with van der Waals surface area (Å²) >= 11 is 1.01. The van der Waals surface area contributed by atoms with E-state index in [1.807, 2.05) is 0 Å². The summed E-state index contributed by atoms with van der Waals surface area (Å²) < 4.78 is 57.3. The van der Waals surface area contributed by atoms with Crippen LogP contribution in [0, 0.1) is 5.82 Å². The van der Waals surface area contributed by atoms with Crippen LogP contribution in [0.3, 0.4) is 0 Å². The Hall–Kier alpha value is -1.51. The van der Waals surface area contributed by atoms with Crippen molar-refractivity contribution < 1.29 is 22.3 Å². The molecule has 0 aliphatic heterocycles. The molecule has 0 radical (unpaired) electrons. The van der Waals surface area contributed by atoms with Crippen molar-refractivity contribution in [3.05, 3.63) is 40.2 Å². The quantitative estimate of drug-likeness (QED) is 0.876. The SMILES string of the molecule is COCc1nc(-c2cc(F)ccc2C(F)(F)F)sc1CN. The van der Waals surface area contributed by atoms with Gasteiger partial charge in [0.05, 0.1) is 17.9 Å². The van der Waals surface area contributed by atoms with Gasteiger partial charge < -0.3 is 10.5 Å². The van der Waals surface area contributed by atoms with E-state index in [1.165, 1.54) is 7.11 Å². The molecular formula is C13H12F4N2OS. The summed E-state index contributed by atoms with van der Waals surface area (Å²) in [4.78, 5) is 4.72. The average molecular weight is 320 g/mol. The Morgan fingerprint density at radius 2 is 2.05 bits per heavy atom. The molecule has 2 rings (SSSR count). The molecule has 0 bridgehead atoms. The minimum atomic E-state index is -4.58. The lowest BCUT2D eigenvalue weighted by atomic mass is 10.1. The second-order valence-corrected chi connectivity index (χ2v) is 5.30. The summed E-state index contributed by atoms with van der Waals surface area (Å²) in [6.45, 7) is 0.271. The number of rotatable bonds is 4. The molecule has 0 fully saturated rings. The number of hydrogen-bond acceptors (Lipinski definition) is 4. The van der Waals surface area contributed by atoms with E-state index in [2.05, 4.69) is 4.98 Å². The van der Waals surface area contributed by atoms with Gasteiger partial charge >= 0.3 is 6.18 Å². The van der Waals surface area contributed by atoms with Gasteiger partial charge in [0, 0.05) is 24.1 Å². The van der Waals surface area contributed by atoms with Crippen LogP contribution in [0.2, 0.25) is 0 Å². The predicted molar refractivity (Wildman–Crippen MR) is 71.1 cm³/mol. The van der Waals surface area contributed by atoms with Gasteiger partial charge in [-0.15, -0.1) is 11.3 Å². The number of ether oxygens (including phenoxy) is 1. The Morgan fingerprint density at radius 1 is 1.33 bits per heavy atom. The molecule has 1 aromatic carbocycles. The smallest absolute Gasteiger partial charge is 0.378 e. The van der Waals surface area contributed by atoms with Crippen molar-refractivity contribution in [1.82, 2.24) is 4.98 Å². The first-order valence-electron chi connectivity index (χ1n) is 5.91. The van der Waals surface area contributed by atoms with E-state index in [1.54, 1.807) is 0 Å².